The Hall–Kier alpha value is -2.30. The minimum Gasteiger partial charge on any atom is -0.494 e. The first-order valence-corrected chi connectivity index (χ1v) is 6.99. The van der Waals surface area contributed by atoms with Gasteiger partial charge in [0.1, 0.15) is 11.3 Å². The number of fused-ring (bicyclic) bond motifs is 1. The van der Waals surface area contributed by atoms with Crippen LogP contribution in [0.3, 0.4) is 0 Å². The summed E-state index contributed by atoms with van der Waals surface area (Å²) >= 11 is 0. The molecule has 0 saturated heterocycles. The highest BCUT2D eigenvalue weighted by Gasteiger charge is 2.20. The summed E-state index contributed by atoms with van der Waals surface area (Å²) < 4.78 is 11.3. The van der Waals surface area contributed by atoms with Crippen molar-refractivity contribution < 1.29 is 9.15 Å². The number of nitrogens with two attached hydrogens (primary N) is 1. The van der Waals surface area contributed by atoms with Crippen LogP contribution in [-0.2, 0) is 0 Å². The fraction of sp³-hybridized carbons (Fsp3) is 0.176. The van der Waals surface area contributed by atoms with Gasteiger partial charge < -0.3 is 9.15 Å². The van der Waals surface area contributed by atoms with E-state index in [9.17, 15) is 0 Å². The molecule has 0 fully saturated rings. The van der Waals surface area contributed by atoms with Gasteiger partial charge in [-0.05, 0) is 19.1 Å². The summed E-state index contributed by atoms with van der Waals surface area (Å²) in [5.41, 5.74) is 5.71. The van der Waals surface area contributed by atoms with Gasteiger partial charge in [-0.15, -0.1) is 0 Å². The van der Waals surface area contributed by atoms with Crippen LogP contribution in [0, 0.1) is 0 Å². The van der Waals surface area contributed by atoms with Gasteiger partial charge in [-0.3, -0.25) is 5.84 Å². The monoisotopic (exact) mass is 282 g/mol. The van der Waals surface area contributed by atoms with Gasteiger partial charge >= 0.3 is 0 Å². The minimum absolute atomic E-state index is 0.184. The molecular weight excluding hydrogens is 264 g/mol. The number of ether oxygens (including phenoxy) is 1. The third-order valence-electron chi connectivity index (χ3n) is 3.52. The molecule has 3 aromatic rings. The van der Waals surface area contributed by atoms with Gasteiger partial charge in [0.15, 0.2) is 0 Å². The molecule has 3 rings (SSSR count). The number of furan rings is 1. The van der Waals surface area contributed by atoms with E-state index in [4.69, 9.17) is 15.0 Å². The van der Waals surface area contributed by atoms with E-state index in [0.29, 0.717) is 6.61 Å². The van der Waals surface area contributed by atoms with Gasteiger partial charge in [0.05, 0.1) is 18.9 Å². The van der Waals surface area contributed by atoms with Crippen LogP contribution in [0.2, 0.25) is 0 Å². The molecule has 0 saturated carbocycles. The Morgan fingerprint density at radius 2 is 1.86 bits per heavy atom. The fourth-order valence-electron chi connectivity index (χ4n) is 2.57. The molecule has 0 bridgehead atoms. The highest BCUT2D eigenvalue weighted by atomic mass is 16.5. The van der Waals surface area contributed by atoms with Gasteiger partial charge in [0, 0.05) is 16.5 Å². The largest absolute Gasteiger partial charge is 0.494 e. The Bertz CT molecular complexity index is 736. The number of hydrazine groups is 1. The van der Waals surface area contributed by atoms with E-state index in [1.165, 1.54) is 0 Å². The number of para-hydroxylation sites is 2. The van der Waals surface area contributed by atoms with Crippen LogP contribution in [0.4, 0.5) is 0 Å². The summed E-state index contributed by atoms with van der Waals surface area (Å²) in [6.07, 6.45) is 1.75. The van der Waals surface area contributed by atoms with Crippen molar-refractivity contribution in [3.63, 3.8) is 0 Å². The molecule has 4 heteroatoms. The molecule has 108 valence electrons. The van der Waals surface area contributed by atoms with Crippen LogP contribution in [0.15, 0.2) is 59.2 Å². The maximum Gasteiger partial charge on any atom is 0.134 e. The minimum atomic E-state index is -0.184. The number of hydrogen-bond acceptors (Lipinski definition) is 4. The number of nitrogens with one attached hydrogen (secondary N) is 1. The van der Waals surface area contributed by atoms with Crippen molar-refractivity contribution in [2.45, 2.75) is 13.0 Å². The van der Waals surface area contributed by atoms with Gasteiger partial charge in [0.25, 0.3) is 0 Å². The molecule has 4 nitrogen and oxygen atoms in total. The maximum absolute atomic E-state index is 5.80. The zero-order valence-electron chi connectivity index (χ0n) is 11.9. The van der Waals surface area contributed by atoms with E-state index >= 15 is 0 Å². The van der Waals surface area contributed by atoms with Crippen LogP contribution in [0.1, 0.15) is 24.1 Å². The Morgan fingerprint density at radius 3 is 2.67 bits per heavy atom. The zero-order valence-corrected chi connectivity index (χ0v) is 11.9. The molecule has 1 heterocycles. The fourth-order valence-corrected chi connectivity index (χ4v) is 2.57. The van der Waals surface area contributed by atoms with Gasteiger partial charge in [-0.1, -0.05) is 36.4 Å². The van der Waals surface area contributed by atoms with Crippen LogP contribution in [0.5, 0.6) is 5.75 Å². The predicted molar refractivity (Wildman–Crippen MR) is 83.0 cm³/mol. The molecular formula is C17H18N2O2. The lowest BCUT2D eigenvalue weighted by Gasteiger charge is -2.19. The highest BCUT2D eigenvalue weighted by molar-refractivity contribution is 5.82. The van der Waals surface area contributed by atoms with Crippen LogP contribution < -0.4 is 16.0 Å². The third-order valence-corrected chi connectivity index (χ3v) is 3.52. The number of hydrogen-bond donors (Lipinski definition) is 2. The van der Waals surface area contributed by atoms with Crippen LogP contribution in [-0.4, -0.2) is 6.61 Å². The molecule has 1 unspecified atom stereocenters. The van der Waals surface area contributed by atoms with Crippen molar-refractivity contribution in [3.05, 3.63) is 65.9 Å². The molecule has 0 amide bonds. The molecule has 21 heavy (non-hydrogen) atoms. The Labute approximate surface area is 123 Å². The van der Waals surface area contributed by atoms with Crippen molar-refractivity contribution >= 4 is 11.0 Å². The Morgan fingerprint density at radius 1 is 1.10 bits per heavy atom. The van der Waals surface area contributed by atoms with Crippen LogP contribution in [0.25, 0.3) is 11.0 Å². The van der Waals surface area contributed by atoms with Crippen molar-refractivity contribution in [1.29, 1.82) is 0 Å². The smallest absolute Gasteiger partial charge is 0.134 e. The molecule has 0 spiro atoms. The maximum atomic E-state index is 5.80. The van der Waals surface area contributed by atoms with Crippen molar-refractivity contribution in [2.24, 2.45) is 5.84 Å². The van der Waals surface area contributed by atoms with E-state index in [-0.39, 0.29) is 6.04 Å². The van der Waals surface area contributed by atoms with Crippen molar-refractivity contribution in [1.82, 2.24) is 5.43 Å². The van der Waals surface area contributed by atoms with E-state index < -0.39 is 0 Å². The van der Waals surface area contributed by atoms with E-state index in [0.717, 1.165) is 27.8 Å². The summed E-state index contributed by atoms with van der Waals surface area (Å²) in [7, 11) is 0. The average Bonchev–Trinajstić information content (AvgIpc) is 2.94. The van der Waals surface area contributed by atoms with Gasteiger partial charge in [-0.25, -0.2) is 5.43 Å². The predicted octanol–water partition coefficient (Wildman–Crippen LogP) is 3.38. The molecule has 0 aliphatic rings. The lowest BCUT2D eigenvalue weighted by atomic mass is 9.98. The molecule has 0 aliphatic heterocycles. The highest BCUT2D eigenvalue weighted by Crippen LogP contribution is 2.34. The second-order valence-corrected chi connectivity index (χ2v) is 4.76. The first-order chi connectivity index (χ1) is 10.3. The summed E-state index contributed by atoms with van der Waals surface area (Å²) in [5.74, 6) is 6.63. The van der Waals surface area contributed by atoms with E-state index in [2.05, 4.69) is 5.43 Å². The second kappa shape index (κ2) is 5.99. The normalized spacial score (nSPS) is 12.5. The number of benzene rings is 2. The first kappa shape index (κ1) is 13.7. The molecule has 0 aliphatic carbocycles. The van der Waals surface area contributed by atoms with E-state index in [1.54, 1.807) is 6.26 Å². The lowest BCUT2D eigenvalue weighted by Crippen LogP contribution is -2.29. The zero-order chi connectivity index (χ0) is 14.7. The summed E-state index contributed by atoms with van der Waals surface area (Å²) in [6.45, 7) is 2.58. The topological polar surface area (TPSA) is 60.4 Å². The van der Waals surface area contributed by atoms with Gasteiger partial charge in [-0.2, -0.15) is 0 Å². The summed E-state index contributed by atoms with van der Waals surface area (Å²) in [4.78, 5) is 0. The van der Waals surface area contributed by atoms with Crippen molar-refractivity contribution in [3.8, 4) is 5.75 Å². The summed E-state index contributed by atoms with van der Waals surface area (Å²) in [6, 6.07) is 15.6. The molecule has 1 atom stereocenters. The lowest BCUT2D eigenvalue weighted by molar-refractivity contribution is 0.333. The molecule has 1 aromatic heterocycles. The SMILES string of the molecule is CCOc1ccccc1C(NN)c1coc2ccccc12. The first-order valence-electron chi connectivity index (χ1n) is 6.99. The average molecular weight is 282 g/mol. The molecule has 2 aromatic carbocycles. The Balaban J connectivity index is 2.10. The number of rotatable bonds is 5. The molecule has 0 radical (unpaired) electrons. The van der Waals surface area contributed by atoms with Crippen LogP contribution >= 0.6 is 0 Å². The Kier molecular flexibility index (Phi) is 3.90. The molecule has 3 N–H and O–H groups in total. The summed E-state index contributed by atoms with van der Waals surface area (Å²) in [5, 5.41) is 1.05. The third kappa shape index (κ3) is 2.51. The van der Waals surface area contributed by atoms with E-state index in [1.807, 2.05) is 55.5 Å². The second-order valence-electron chi connectivity index (χ2n) is 4.76. The quantitative estimate of drug-likeness (QED) is 0.556. The standard InChI is InChI=1S/C17H18N2O2/c1-2-20-16-10-6-4-8-13(16)17(19-18)14-11-21-15-9-5-3-7-12(14)15/h3-11,17,19H,2,18H2,1H3. The van der Waals surface area contributed by atoms with Crippen molar-refractivity contribution in [2.75, 3.05) is 6.61 Å². The van der Waals surface area contributed by atoms with Gasteiger partial charge in [0.2, 0.25) is 0 Å².